The van der Waals surface area contributed by atoms with Gasteiger partial charge in [0, 0.05) is 43.3 Å². The number of nitrogens with zero attached hydrogens (tertiary/aromatic N) is 4. The van der Waals surface area contributed by atoms with Crippen molar-refractivity contribution >= 4 is 11.8 Å². The van der Waals surface area contributed by atoms with Crippen LogP contribution in [0, 0.1) is 6.92 Å². The van der Waals surface area contributed by atoms with Crippen LogP contribution < -0.4 is 5.32 Å². The molecular formula is C20H25N5O3. The zero-order chi connectivity index (χ0) is 19.7. The zero-order valence-corrected chi connectivity index (χ0v) is 16.2. The average molecular weight is 383 g/mol. The fourth-order valence-corrected chi connectivity index (χ4v) is 3.38. The fraction of sp³-hybridized carbons (Fsp3) is 0.500. The molecule has 1 aliphatic heterocycles. The van der Waals surface area contributed by atoms with Crippen molar-refractivity contribution in [3.05, 3.63) is 35.7 Å². The molecular weight excluding hydrogens is 358 g/mol. The second kappa shape index (κ2) is 7.71. The Hall–Kier alpha value is -2.74. The molecule has 4 rings (SSSR count). The van der Waals surface area contributed by atoms with Crippen LogP contribution in [0.4, 0.5) is 0 Å². The van der Waals surface area contributed by atoms with E-state index in [4.69, 9.17) is 4.52 Å². The van der Waals surface area contributed by atoms with Gasteiger partial charge in [0.15, 0.2) is 5.82 Å². The number of carbonyl (C=O) groups excluding carboxylic acids is 2. The van der Waals surface area contributed by atoms with E-state index in [1.807, 2.05) is 24.0 Å². The maximum atomic E-state index is 12.8. The highest BCUT2D eigenvalue weighted by atomic mass is 16.5. The number of nitrogens with one attached hydrogen (secondary N) is 1. The molecule has 1 saturated heterocycles. The van der Waals surface area contributed by atoms with E-state index in [-0.39, 0.29) is 17.9 Å². The summed E-state index contributed by atoms with van der Waals surface area (Å²) in [6, 6.07) is 7.43. The maximum Gasteiger partial charge on any atom is 0.257 e. The largest absolute Gasteiger partial charge is 0.352 e. The first-order valence-corrected chi connectivity index (χ1v) is 9.76. The van der Waals surface area contributed by atoms with Crippen LogP contribution in [-0.4, -0.2) is 70.0 Å². The standard InChI is InChI=1S/C20H25N5O3/c1-13(18(26)22-17-7-8-17)24-9-11-25(12-10-24)20(27)16-5-3-15(4-6-16)19-21-14(2)23-28-19/h3-6,13,17H,7-12H2,1-2H3,(H,22,26). The number of hydrogen-bond acceptors (Lipinski definition) is 6. The molecule has 2 heterocycles. The fourth-order valence-electron chi connectivity index (χ4n) is 3.38. The summed E-state index contributed by atoms with van der Waals surface area (Å²) in [6.07, 6.45) is 2.18. The number of hydrogen-bond donors (Lipinski definition) is 1. The summed E-state index contributed by atoms with van der Waals surface area (Å²) in [5, 5.41) is 6.83. The Morgan fingerprint density at radius 2 is 1.82 bits per heavy atom. The van der Waals surface area contributed by atoms with Crippen LogP contribution in [-0.2, 0) is 4.79 Å². The Kier molecular flexibility index (Phi) is 5.13. The summed E-state index contributed by atoms with van der Waals surface area (Å²) < 4.78 is 5.15. The summed E-state index contributed by atoms with van der Waals surface area (Å²) in [7, 11) is 0. The van der Waals surface area contributed by atoms with Crippen molar-refractivity contribution in [2.24, 2.45) is 0 Å². The van der Waals surface area contributed by atoms with E-state index < -0.39 is 0 Å². The average Bonchev–Trinajstić information content (AvgIpc) is 3.44. The lowest BCUT2D eigenvalue weighted by molar-refractivity contribution is -0.126. The molecule has 2 amide bonds. The van der Waals surface area contributed by atoms with Gasteiger partial charge in [-0.1, -0.05) is 5.16 Å². The third-order valence-corrected chi connectivity index (χ3v) is 5.36. The molecule has 1 saturated carbocycles. The molecule has 1 aromatic heterocycles. The number of amides is 2. The van der Waals surface area contributed by atoms with Crippen molar-refractivity contribution in [2.75, 3.05) is 26.2 Å². The van der Waals surface area contributed by atoms with Crippen LogP contribution in [0.5, 0.6) is 0 Å². The van der Waals surface area contributed by atoms with Gasteiger partial charge in [-0.15, -0.1) is 0 Å². The van der Waals surface area contributed by atoms with Crippen molar-refractivity contribution in [2.45, 2.75) is 38.8 Å². The van der Waals surface area contributed by atoms with E-state index in [0.717, 1.165) is 18.4 Å². The van der Waals surface area contributed by atoms with Crippen molar-refractivity contribution in [1.29, 1.82) is 0 Å². The van der Waals surface area contributed by atoms with Gasteiger partial charge >= 0.3 is 0 Å². The summed E-state index contributed by atoms with van der Waals surface area (Å²) in [6.45, 7) is 6.33. The molecule has 2 fully saturated rings. The predicted molar refractivity (Wildman–Crippen MR) is 103 cm³/mol. The molecule has 1 atom stereocenters. The van der Waals surface area contributed by atoms with E-state index in [9.17, 15) is 9.59 Å². The van der Waals surface area contributed by atoms with E-state index in [2.05, 4.69) is 20.4 Å². The summed E-state index contributed by atoms with van der Waals surface area (Å²) in [5.41, 5.74) is 1.42. The van der Waals surface area contributed by atoms with Crippen molar-refractivity contribution in [3.63, 3.8) is 0 Å². The van der Waals surface area contributed by atoms with E-state index in [1.54, 1.807) is 19.1 Å². The first-order chi connectivity index (χ1) is 13.5. The Morgan fingerprint density at radius 1 is 1.14 bits per heavy atom. The van der Waals surface area contributed by atoms with E-state index in [0.29, 0.717) is 49.5 Å². The second-order valence-electron chi connectivity index (χ2n) is 7.51. The topological polar surface area (TPSA) is 91.6 Å². The lowest BCUT2D eigenvalue weighted by atomic mass is 10.1. The zero-order valence-electron chi connectivity index (χ0n) is 16.2. The molecule has 28 heavy (non-hydrogen) atoms. The van der Waals surface area contributed by atoms with Gasteiger partial charge in [-0.2, -0.15) is 4.98 Å². The molecule has 2 aromatic rings. The minimum atomic E-state index is -0.157. The highest BCUT2D eigenvalue weighted by Gasteiger charge is 2.31. The SMILES string of the molecule is Cc1noc(-c2ccc(C(=O)N3CCN(C(C)C(=O)NC4CC4)CC3)cc2)n1. The number of rotatable bonds is 5. The molecule has 1 aliphatic carbocycles. The van der Waals surface area contributed by atoms with Crippen LogP contribution in [0.1, 0.15) is 35.9 Å². The van der Waals surface area contributed by atoms with Crippen LogP contribution >= 0.6 is 0 Å². The molecule has 1 N–H and O–H groups in total. The molecule has 1 unspecified atom stereocenters. The Bertz CT molecular complexity index is 851. The first-order valence-electron chi connectivity index (χ1n) is 9.76. The maximum absolute atomic E-state index is 12.8. The number of aromatic nitrogens is 2. The molecule has 148 valence electrons. The molecule has 8 nitrogen and oxygen atoms in total. The summed E-state index contributed by atoms with van der Waals surface area (Å²) in [4.78, 5) is 33.2. The third kappa shape index (κ3) is 4.06. The van der Waals surface area contributed by atoms with Gasteiger partial charge in [-0.05, 0) is 51.0 Å². The minimum Gasteiger partial charge on any atom is -0.352 e. The highest BCUT2D eigenvalue weighted by molar-refractivity contribution is 5.94. The lowest BCUT2D eigenvalue weighted by Gasteiger charge is -2.37. The summed E-state index contributed by atoms with van der Waals surface area (Å²) in [5.74, 6) is 1.12. The molecule has 2 aliphatic rings. The van der Waals surface area contributed by atoms with Gasteiger partial charge in [0.25, 0.3) is 11.8 Å². The molecule has 1 aromatic carbocycles. The predicted octanol–water partition coefficient (Wildman–Crippen LogP) is 1.47. The van der Waals surface area contributed by atoms with Crippen molar-refractivity contribution in [3.8, 4) is 11.5 Å². The van der Waals surface area contributed by atoms with E-state index in [1.165, 1.54) is 0 Å². The molecule has 0 bridgehead atoms. The number of carbonyl (C=O) groups is 2. The lowest BCUT2D eigenvalue weighted by Crippen LogP contribution is -2.55. The highest BCUT2D eigenvalue weighted by Crippen LogP contribution is 2.20. The number of benzene rings is 1. The normalized spacial score (nSPS) is 18.7. The number of piperazine rings is 1. The van der Waals surface area contributed by atoms with Gasteiger partial charge in [0.2, 0.25) is 5.91 Å². The molecule has 8 heteroatoms. The van der Waals surface area contributed by atoms with Gasteiger partial charge in [0.1, 0.15) is 0 Å². The monoisotopic (exact) mass is 383 g/mol. The van der Waals surface area contributed by atoms with Gasteiger partial charge in [0.05, 0.1) is 6.04 Å². The van der Waals surface area contributed by atoms with Crippen LogP contribution in [0.2, 0.25) is 0 Å². The molecule has 0 spiro atoms. The van der Waals surface area contributed by atoms with Crippen LogP contribution in [0.3, 0.4) is 0 Å². The Labute approximate surface area is 163 Å². The smallest absolute Gasteiger partial charge is 0.257 e. The van der Waals surface area contributed by atoms with Gasteiger partial charge in [-0.25, -0.2) is 0 Å². The first kappa shape index (κ1) is 18.6. The van der Waals surface area contributed by atoms with Gasteiger partial charge < -0.3 is 14.7 Å². The Morgan fingerprint density at radius 3 is 2.39 bits per heavy atom. The van der Waals surface area contributed by atoms with Crippen LogP contribution in [0.15, 0.2) is 28.8 Å². The molecule has 0 radical (unpaired) electrons. The van der Waals surface area contributed by atoms with Crippen molar-refractivity contribution in [1.82, 2.24) is 25.3 Å². The second-order valence-corrected chi connectivity index (χ2v) is 7.51. The third-order valence-electron chi connectivity index (χ3n) is 5.36. The minimum absolute atomic E-state index is 0.00277. The quantitative estimate of drug-likeness (QED) is 0.841. The summed E-state index contributed by atoms with van der Waals surface area (Å²) >= 11 is 0. The van der Waals surface area contributed by atoms with Crippen LogP contribution in [0.25, 0.3) is 11.5 Å². The van der Waals surface area contributed by atoms with Crippen molar-refractivity contribution < 1.29 is 14.1 Å². The van der Waals surface area contributed by atoms with E-state index >= 15 is 0 Å². The number of aryl methyl sites for hydroxylation is 1. The Balaban J connectivity index is 1.32. The van der Waals surface area contributed by atoms with Gasteiger partial charge in [-0.3, -0.25) is 14.5 Å².